The topological polar surface area (TPSA) is 20.2 Å². The van der Waals surface area contributed by atoms with Crippen LogP contribution in [0.3, 0.4) is 0 Å². The van der Waals surface area contributed by atoms with Crippen molar-refractivity contribution in [1.82, 2.24) is 0 Å². The van der Waals surface area contributed by atoms with Gasteiger partial charge in [0, 0.05) is 11.1 Å². The van der Waals surface area contributed by atoms with Crippen LogP contribution in [0.25, 0.3) is 32.7 Å². The molecule has 0 saturated carbocycles. The van der Waals surface area contributed by atoms with Crippen molar-refractivity contribution in [2.45, 2.75) is 5.60 Å². The van der Waals surface area contributed by atoms with Crippen molar-refractivity contribution in [2.75, 3.05) is 0 Å². The van der Waals surface area contributed by atoms with E-state index in [1.165, 1.54) is 21.5 Å². The summed E-state index contributed by atoms with van der Waals surface area (Å²) in [6.45, 7) is 0. The van der Waals surface area contributed by atoms with Gasteiger partial charge in [0.05, 0.1) is 0 Å². The van der Waals surface area contributed by atoms with Gasteiger partial charge in [0.1, 0.15) is 5.60 Å². The predicted octanol–water partition coefficient (Wildman–Crippen LogP) is 6.26. The van der Waals surface area contributed by atoms with Gasteiger partial charge in [0.25, 0.3) is 0 Å². The maximum absolute atomic E-state index is 12.2. The van der Waals surface area contributed by atoms with Crippen LogP contribution in [0.2, 0.25) is 0 Å². The predicted molar refractivity (Wildman–Crippen MR) is 115 cm³/mol. The first-order chi connectivity index (χ1) is 13.8. The van der Waals surface area contributed by atoms with Crippen LogP contribution in [0.15, 0.2) is 103 Å². The number of fused-ring (bicyclic) bond motifs is 7. The Kier molecular flexibility index (Phi) is 3.09. The molecule has 1 aliphatic rings. The Hall–Kier alpha value is -3.42. The second-order valence-corrected chi connectivity index (χ2v) is 7.49. The highest BCUT2D eigenvalue weighted by Crippen LogP contribution is 2.55. The van der Waals surface area contributed by atoms with Crippen LogP contribution in [0.4, 0.5) is 0 Å². The maximum atomic E-state index is 12.2. The van der Waals surface area contributed by atoms with Crippen LogP contribution in [-0.2, 0) is 5.60 Å². The van der Waals surface area contributed by atoms with Gasteiger partial charge in [-0.25, -0.2) is 0 Å². The molecule has 0 aromatic heterocycles. The second kappa shape index (κ2) is 5.54. The Morgan fingerprint density at radius 2 is 0.929 bits per heavy atom. The molecule has 1 N–H and O–H groups in total. The van der Waals surface area contributed by atoms with Crippen LogP contribution < -0.4 is 0 Å². The Bertz CT molecular complexity index is 1280. The second-order valence-electron chi connectivity index (χ2n) is 7.49. The van der Waals surface area contributed by atoms with Crippen LogP contribution in [0, 0.1) is 0 Å². The van der Waals surface area contributed by atoms with Gasteiger partial charge in [-0.2, -0.15) is 0 Å². The van der Waals surface area contributed by atoms with Crippen LogP contribution in [0.1, 0.15) is 16.7 Å². The first-order valence-corrected chi connectivity index (χ1v) is 9.61. The zero-order valence-electron chi connectivity index (χ0n) is 15.3. The highest BCUT2D eigenvalue weighted by atomic mass is 16.3. The fourth-order valence-corrected chi connectivity index (χ4v) is 4.82. The number of hydrogen-bond donors (Lipinski definition) is 1. The van der Waals surface area contributed by atoms with Gasteiger partial charge < -0.3 is 5.11 Å². The smallest absolute Gasteiger partial charge is 0.141 e. The minimum absolute atomic E-state index is 0.903. The van der Waals surface area contributed by atoms with Gasteiger partial charge in [-0.1, -0.05) is 103 Å². The molecule has 0 fully saturated rings. The van der Waals surface area contributed by atoms with Crippen molar-refractivity contribution in [3.63, 3.8) is 0 Å². The number of aliphatic hydroxyl groups is 1. The average Bonchev–Trinajstić information content (AvgIpc) is 3.05. The zero-order chi connectivity index (χ0) is 18.7. The summed E-state index contributed by atoms with van der Waals surface area (Å²) in [5, 5.41) is 16.9. The molecule has 0 heterocycles. The summed E-state index contributed by atoms with van der Waals surface area (Å²) in [5.41, 5.74) is 3.97. The molecule has 0 amide bonds. The van der Waals surface area contributed by atoms with E-state index in [1.807, 2.05) is 30.3 Å². The largest absolute Gasteiger partial charge is 0.376 e. The molecule has 1 aliphatic carbocycles. The van der Waals surface area contributed by atoms with E-state index in [-0.39, 0.29) is 0 Å². The summed E-state index contributed by atoms with van der Waals surface area (Å²) >= 11 is 0. The van der Waals surface area contributed by atoms with E-state index in [9.17, 15) is 5.11 Å². The Balaban J connectivity index is 1.85. The first-order valence-electron chi connectivity index (χ1n) is 9.61. The van der Waals surface area contributed by atoms with Crippen molar-refractivity contribution in [2.24, 2.45) is 0 Å². The van der Waals surface area contributed by atoms with E-state index in [0.29, 0.717) is 0 Å². The summed E-state index contributed by atoms with van der Waals surface area (Å²) < 4.78 is 0. The summed E-state index contributed by atoms with van der Waals surface area (Å²) in [4.78, 5) is 0. The highest BCUT2D eigenvalue weighted by Gasteiger charge is 2.44. The van der Waals surface area contributed by atoms with Crippen molar-refractivity contribution in [3.05, 3.63) is 120 Å². The van der Waals surface area contributed by atoms with Crippen molar-refractivity contribution in [3.8, 4) is 11.1 Å². The first kappa shape index (κ1) is 15.6. The molecule has 0 bridgehead atoms. The molecule has 0 unspecified atom stereocenters. The molecule has 5 aromatic carbocycles. The fraction of sp³-hybridized carbons (Fsp3) is 0.0370. The standard InChI is InChI=1S/C27H18O/c28-27(20-10-2-1-3-11-20)23-16-14-18-8-4-6-12-21(18)25(23)26-22-13-7-5-9-19(22)15-17-24(26)27/h1-17,28H. The van der Waals surface area contributed by atoms with Gasteiger partial charge in [0.2, 0.25) is 0 Å². The molecule has 132 valence electrons. The molecule has 6 rings (SSSR count). The Morgan fingerprint density at radius 3 is 1.46 bits per heavy atom. The lowest BCUT2D eigenvalue weighted by Crippen LogP contribution is -2.26. The summed E-state index contributed by atoms with van der Waals surface area (Å²) in [7, 11) is 0. The molecule has 1 nitrogen and oxygen atoms in total. The molecule has 0 radical (unpaired) electrons. The third-order valence-electron chi connectivity index (χ3n) is 6.08. The molecular weight excluding hydrogens is 340 g/mol. The number of rotatable bonds is 1. The molecule has 0 saturated heterocycles. The van der Waals surface area contributed by atoms with Crippen molar-refractivity contribution >= 4 is 21.5 Å². The Labute approximate surface area is 163 Å². The summed E-state index contributed by atoms with van der Waals surface area (Å²) in [6.07, 6.45) is 0. The minimum Gasteiger partial charge on any atom is -0.376 e. The van der Waals surface area contributed by atoms with Crippen LogP contribution in [-0.4, -0.2) is 5.11 Å². The van der Waals surface area contributed by atoms with E-state index < -0.39 is 5.60 Å². The van der Waals surface area contributed by atoms with E-state index >= 15 is 0 Å². The third-order valence-corrected chi connectivity index (χ3v) is 6.08. The Morgan fingerprint density at radius 1 is 0.464 bits per heavy atom. The molecule has 0 aliphatic heterocycles. The SMILES string of the molecule is OC1(c2ccccc2)c2ccc3ccccc3c2-c2c1ccc1ccccc21. The van der Waals surface area contributed by atoms with E-state index in [1.54, 1.807) is 0 Å². The molecule has 28 heavy (non-hydrogen) atoms. The summed E-state index contributed by atoms with van der Waals surface area (Å²) in [6, 6.07) is 35.3. The lowest BCUT2D eigenvalue weighted by Gasteiger charge is -2.26. The molecule has 1 heteroatoms. The molecular formula is C27H18O. The average molecular weight is 358 g/mol. The van der Waals surface area contributed by atoms with Crippen molar-refractivity contribution < 1.29 is 5.11 Å². The van der Waals surface area contributed by atoms with E-state index in [0.717, 1.165) is 27.8 Å². The van der Waals surface area contributed by atoms with Crippen LogP contribution in [0.5, 0.6) is 0 Å². The third kappa shape index (κ3) is 1.89. The fourth-order valence-electron chi connectivity index (χ4n) is 4.82. The summed E-state index contributed by atoms with van der Waals surface area (Å²) in [5.74, 6) is 0. The molecule has 0 spiro atoms. The highest BCUT2D eigenvalue weighted by molar-refractivity contribution is 6.11. The van der Waals surface area contributed by atoms with Gasteiger partial charge in [-0.05, 0) is 38.2 Å². The quantitative estimate of drug-likeness (QED) is 0.375. The monoisotopic (exact) mass is 358 g/mol. The van der Waals surface area contributed by atoms with Gasteiger partial charge in [0.15, 0.2) is 0 Å². The normalized spacial score (nSPS) is 14.2. The van der Waals surface area contributed by atoms with Crippen LogP contribution >= 0.6 is 0 Å². The number of hydrogen-bond acceptors (Lipinski definition) is 1. The van der Waals surface area contributed by atoms with Crippen molar-refractivity contribution in [1.29, 1.82) is 0 Å². The maximum Gasteiger partial charge on any atom is 0.141 e. The van der Waals surface area contributed by atoms with E-state index in [4.69, 9.17) is 0 Å². The lowest BCUT2D eigenvalue weighted by atomic mass is 9.83. The zero-order valence-corrected chi connectivity index (χ0v) is 15.3. The van der Waals surface area contributed by atoms with Gasteiger partial charge in [-0.3, -0.25) is 0 Å². The molecule has 5 aromatic rings. The number of benzene rings is 5. The van der Waals surface area contributed by atoms with E-state index in [2.05, 4.69) is 72.8 Å². The van der Waals surface area contributed by atoms with Gasteiger partial charge in [-0.15, -0.1) is 0 Å². The van der Waals surface area contributed by atoms with Gasteiger partial charge >= 0.3 is 0 Å². The lowest BCUT2D eigenvalue weighted by molar-refractivity contribution is 0.131. The molecule has 0 atom stereocenters. The minimum atomic E-state index is -1.15.